The van der Waals surface area contributed by atoms with Crippen LogP contribution in [0, 0.1) is 0 Å². The minimum Gasteiger partial charge on any atom is -0.394 e. The van der Waals surface area contributed by atoms with Crippen molar-refractivity contribution in [1.29, 1.82) is 0 Å². The molecule has 1 aromatic heterocycles. The first-order chi connectivity index (χ1) is 8.72. The fraction of sp³-hybridized carbons (Fsp3) is 0.538. The summed E-state index contributed by atoms with van der Waals surface area (Å²) in [6, 6.07) is 3.20. The van der Waals surface area contributed by atoms with Gasteiger partial charge < -0.3 is 10.0 Å². The largest absolute Gasteiger partial charge is 0.394 e. The van der Waals surface area contributed by atoms with Crippen molar-refractivity contribution >= 4 is 17.5 Å². The minimum absolute atomic E-state index is 0.0132. The van der Waals surface area contributed by atoms with E-state index in [0.29, 0.717) is 17.3 Å². The lowest BCUT2D eigenvalue weighted by Crippen LogP contribution is -2.42. The number of aliphatic hydroxyl groups excluding tert-OH is 1. The third kappa shape index (κ3) is 3.00. The zero-order valence-corrected chi connectivity index (χ0v) is 10.9. The van der Waals surface area contributed by atoms with Gasteiger partial charge in [0.25, 0.3) is 5.91 Å². The quantitative estimate of drug-likeness (QED) is 0.894. The smallest absolute Gasteiger partial charge is 0.272 e. The Morgan fingerprint density at radius 3 is 2.94 bits per heavy atom. The van der Waals surface area contributed by atoms with Crippen LogP contribution in [0.3, 0.4) is 0 Å². The Labute approximate surface area is 112 Å². The van der Waals surface area contributed by atoms with E-state index in [9.17, 15) is 9.90 Å². The molecule has 18 heavy (non-hydrogen) atoms. The van der Waals surface area contributed by atoms with Crippen LogP contribution in [0.25, 0.3) is 0 Å². The summed E-state index contributed by atoms with van der Waals surface area (Å²) in [5.74, 6) is -0.118. The van der Waals surface area contributed by atoms with Gasteiger partial charge in [0.05, 0.1) is 17.7 Å². The number of carbonyl (C=O) groups is 1. The molecular formula is C13H17ClN2O2. The Morgan fingerprint density at radius 2 is 2.28 bits per heavy atom. The average Bonchev–Trinajstić information content (AvgIpc) is 2.63. The summed E-state index contributed by atoms with van der Waals surface area (Å²) in [7, 11) is 0. The number of carbonyl (C=O) groups excluding carboxylic acids is 1. The van der Waals surface area contributed by atoms with Crippen LogP contribution in [-0.4, -0.2) is 40.1 Å². The number of amides is 1. The monoisotopic (exact) mass is 268 g/mol. The summed E-state index contributed by atoms with van der Waals surface area (Å²) in [5, 5.41) is 9.91. The maximum Gasteiger partial charge on any atom is 0.272 e. The van der Waals surface area contributed by atoms with E-state index in [1.165, 1.54) is 6.20 Å². The Morgan fingerprint density at radius 1 is 1.44 bits per heavy atom. The van der Waals surface area contributed by atoms with Gasteiger partial charge in [0, 0.05) is 12.7 Å². The summed E-state index contributed by atoms with van der Waals surface area (Å²) in [4.78, 5) is 18.1. The van der Waals surface area contributed by atoms with Gasteiger partial charge in [-0.15, -0.1) is 0 Å². The fourth-order valence-corrected chi connectivity index (χ4v) is 2.40. The third-order valence-electron chi connectivity index (χ3n) is 3.30. The molecular weight excluding hydrogens is 252 g/mol. The molecule has 0 aliphatic carbocycles. The molecule has 0 radical (unpaired) electrons. The highest BCUT2D eigenvalue weighted by Gasteiger charge is 2.26. The van der Waals surface area contributed by atoms with Gasteiger partial charge in [0.1, 0.15) is 5.69 Å². The predicted molar refractivity (Wildman–Crippen MR) is 69.6 cm³/mol. The normalized spacial score (nSPS) is 20.6. The molecule has 1 saturated heterocycles. The first kappa shape index (κ1) is 13.3. The highest BCUT2D eigenvalue weighted by molar-refractivity contribution is 6.30. The van der Waals surface area contributed by atoms with E-state index in [2.05, 4.69) is 4.98 Å². The number of rotatable bonds is 2. The van der Waals surface area contributed by atoms with Gasteiger partial charge in [-0.3, -0.25) is 4.79 Å². The average molecular weight is 269 g/mol. The molecule has 1 N–H and O–H groups in total. The van der Waals surface area contributed by atoms with E-state index in [0.717, 1.165) is 25.7 Å². The first-order valence-corrected chi connectivity index (χ1v) is 6.63. The summed E-state index contributed by atoms with van der Waals surface area (Å²) in [6.07, 6.45) is 5.48. The van der Waals surface area contributed by atoms with Crippen molar-refractivity contribution < 1.29 is 9.90 Å². The highest BCUT2D eigenvalue weighted by atomic mass is 35.5. The van der Waals surface area contributed by atoms with Crippen molar-refractivity contribution in [3.05, 3.63) is 29.0 Å². The molecule has 1 aliphatic heterocycles. The zero-order valence-electron chi connectivity index (χ0n) is 10.2. The van der Waals surface area contributed by atoms with Crippen LogP contribution in [0.15, 0.2) is 18.3 Å². The molecule has 5 heteroatoms. The van der Waals surface area contributed by atoms with Gasteiger partial charge in [0.15, 0.2) is 0 Å². The molecule has 0 aromatic carbocycles. The van der Waals surface area contributed by atoms with Gasteiger partial charge in [-0.2, -0.15) is 0 Å². The maximum absolute atomic E-state index is 12.3. The van der Waals surface area contributed by atoms with Crippen molar-refractivity contribution in [1.82, 2.24) is 9.88 Å². The third-order valence-corrected chi connectivity index (χ3v) is 3.52. The Hall–Kier alpha value is -1.13. The second kappa shape index (κ2) is 6.16. The molecule has 0 saturated carbocycles. The van der Waals surface area contributed by atoms with E-state index in [1.807, 2.05) is 0 Å². The molecule has 4 nitrogen and oxygen atoms in total. The van der Waals surface area contributed by atoms with Crippen LogP contribution < -0.4 is 0 Å². The van der Waals surface area contributed by atoms with Crippen molar-refractivity contribution in [2.24, 2.45) is 0 Å². The van der Waals surface area contributed by atoms with Crippen molar-refractivity contribution in [2.75, 3.05) is 13.2 Å². The Bertz CT molecular complexity index is 408. The minimum atomic E-state index is -0.118. The van der Waals surface area contributed by atoms with Crippen LogP contribution in [0.5, 0.6) is 0 Å². The van der Waals surface area contributed by atoms with Crippen molar-refractivity contribution in [3.63, 3.8) is 0 Å². The number of nitrogens with zero attached hydrogens (tertiary/aromatic N) is 2. The van der Waals surface area contributed by atoms with Crippen LogP contribution in [0.2, 0.25) is 5.02 Å². The van der Waals surface area contributed by atoms with E-state index in [1.54, 1.807) is 17.0 Å². The molecule has 1 aromatic rings. The van der Waals surface area contributed by atoms with Crippen LogP contribution in [0.4, 0.5) is 0 Å². The summed E-state index contributed by atoms with van der Waals surface area (Å²) in [5.41, 5.74) is 0.389. The first-order valence-electron chi connectivity index (χ1n) is 6.26. The molecule has 0 spiro atoms. The molecule has 0 bridgehead atoms. The van der Waals surface area contributed by atoms with E-state index in [-0.39, 0.29) is 18.6 Å². The maximum atomic E-state index is 12.3. The summed E-state index contributed by atoms with van der Waals surface area (Å²) in [6.45, 7) is 0.702. The number of aliphatic hydroxyl groups is 1. The molecule has 1 unspecified atom stereocenters. The highest BCUT2D eigenvalue weighted by Crippen LogP contribution is 2.19. The number of hydrogen-bond donors (Lipinski definition) is 1. The van der Waals surface area contributed by atoms with E-state index < -0.39 is 0 Å². The van der Waals surface area contributed by atoms with Gasteiger partial charge in [-0.1, -0.05) is 24.4 Å². The summed E-state index contributed by atoms with van der Waals surface area (Å²) < 4.78 is 0. The van der Waals surface area contributed by atoms with Crippen LogP contribution in [0.1, 0.15) is 36.2 Å². The lowest BCUT2D eigenvalue weighted by molar-refractivity contribution is 0.0594. The summed E-state index contributed by atoms with van der Waals surface area (Å²) >= 11 is 5.76. The molecule has 2 rings (SSSR count). The van der Waals surface area contributed by atoms with Gasteiger partial charge in [-0.05, 0) is 25.0 Å². The molecule has 98 valence electrons. The number of pyridine rings is 1. The van der Waals surface area contributed by atoms with Crippen molar-refractivity contribution in [2.45, 2.75) is 31.7 Å². The Kier molecular flexibility index (Phi) is 4.55. The van der Waals surface area contributed by atoms with E-state index in [4.69, 9.17) is 11.6 Å². The van der Waals surface area contributed by atoms with Crippen LogP contribution >= 0.6 is 11.6 Å². The fourth-order valence-electron chi connectivity index (χ4n) is 2.28. The van der Waals surface area contributed by atoms with Gasteiger partial charge >= 0.3 is 0 Å². The van der Waals surface area contributed by atoms with Crippen LogP contribution in [-0.2, 0) is 0 Å². The molecule has 1 amide bonds. The number of likely N-dealkylation sites (tertiary alicyclic amines) is 1. The number of halogens is 1. The number of aromatic nitrogens is 1. The second-order valence-corrected chi connectivity index (χ2v) is 4.98. The number of hydrogen-bond acceptors (Lipinski definition) is 3. The molecule has 1 atom stereocenters. The van der Waals surface area contributed by atoms with Gasteiger partial charge in [-0.25, -0.2) is 4.98 Å². The zero-order chi connectivity index (χ0) is 13.0. The standard InChI is InChI=1S/C13H17ClN2O2/c14-10-5-6-12(15-8-10)13(18)16-7-3-1-2-4-11(16)9-17/h5-6,8,11,17H,1-4,7,9H2. The molecule has 2 heterocycles. The molecule has 1 fully saturated rings. The predicted octanol–water partition coefficient (Wildman–Crippen LogP) is 2.11. The van der Waals surface area contributed by atoms with E-state index >= 15 is 0 Å². The second-order valence-electron chi connectivity index (χ2n) is 4.55. The lowest BCUT2D eigenvalue weighted by Gasteiger charge is -2.28. The topological polar surface area (TPSA) is 53.4 Å². The Balaban J connectivity index is 2.17. The molecule has 1 aliphatic rings. The van der Waals surface area contributed by atoms with Crippen molar-refractivity contribution in [3.8, 4) is 0 Å². The SMILES string of the molecule is O=C(c1ccc(Cl)cn1)N1CCCCCC1CO. The van der Waals surface area contributed by atoms with Gasteiger partial charge in [0.2, 0.25) is 0 Å². The lowest BCUT2D eigenvalue weighted by atomic mass is 10.1.